The van der Waals surface area contributed by atoms with Crippen molar-refractivity contribution < 1.29 is 0 Å². The Bertz CT molecular complexity index is 1320. The molecule has 0 aliphatic carbocycles. The molecule has 0 spiro atoms. The van der Waals surface area contributed by atoms with E-state index in [0.717, 1.165) is 22.4 Å². The molecule has 6 nitrogen and oxygen atoms in total. The second-order valence-electron chi connectivity index (χ2n) is 7.71. The fourth-order valence-corrected chi connectivity index (χ4v) is 3.77. The first-order chi connectivity index (χ1) is 13.9. The molecule has 0 amide bonds. The zero-order valence-electron chi connectivity index (χ0n) is 17.1. The minimum absolute atomic E-state index is 0.267. The van der Waals surface area contributed by atoms with Crippen molar-refractivity contribution in [1.82, 2.24) is 18.7 Å². The summed E-state index contributed by atoms with van der Waals surface area (Å²) in [4.78, 5) is 31.1. The maximum Gasteiger partial charge on any atom is 0.337 e. The van der Waals surface area contributed by atoms with Gasteiger partial charge in [-0.05, 0) is 44.9 Å². The van der Waals surface area contributed by atoms with Crippen LogP contribution in [-0.4, -0.2) is 18.7 Å². The monoisotopic (exact) mass is 388 g/mol. The van der Waals surface area contributed by atoms with E-state index in [-0.39, 0.29) is 17.3 Å². The molecule has 4 aromatic rings. The Kier molecular flexibility index (Phi) is 4.70. The second-order valence-corrected chi connectivity index (χ2v) is 7.71. The van der Waals surface area contributed by atoms with Gasteiger partial charge in [0.1, 0.15) is 0 Å². The lowest BCUT2D eigenvalue weighted by Crippen LogP contribution is -2.41. The van der Waals surface area contributed by atoms with E-state index in [1.165, 1.54) is 4.57 Å². The molecule has 0 fully saturated rings. The van der Waals surface area contributed by atoms with E-state index in [1.807, 2.05) is 74.7 Å². The summed E-state index contributed by atoms with van der Waals surface area (Å²) >= 11 is 0. The molecular formula is C23H24N4O2. The summed E-state index contributed by atoms with van der Waals surface area (Å²) < 4.78 is 4.70. The van der Waals surface area contributed by atoms with E-state index in [1.54, 1.807) is 10.9 Å². The molecule has 6 heteroatoms. The first-order valence-corrected chi connectivity index (χ1v) is 9.72. The summed E-state index contributed by atoms with van der Waals surface area (Å²) in [7, 11) is 0. The van der Waals surface area contributed by atoms with Crippen LogP contribution in [0, 0.1) is 13.8 Å². The van der Waals surface area contributed by atoms with Gasteiger partial charge in [-0.25, -0.2) is 14.3 Å². The van der Waals surface area contributed by atoms with Crippen molar-refractivity contribution >= 4 is 11.2 Å². The highest BCUT2D eigenvalue weighted by Crippen LogP contribution is 2.18. The summed E-state index contributed by atoms with van der Waals surface area (Å²) in [5, 5.41) is 0. The minimum atomic E-state index is -0.368. The first kappa shape index (κ1) is 18.9. The standard InChI is InChI=1S/C23H24N4O2/c1-15(2)26-22(28)20-21(27(23(26)29)19-11-6-5-9-17(19)4)24-14-25(20)13-18-10-7-8-16(3)12-18/h5-12,14-15H,13H2,1-4H3. The Morgan fingerprint density at radius 3 is 2.45 bits per heavy atom. The fourth-order valence-electron chi connectivity index (χ4n) is 3.77. The zero-order valence-corrected chi connectivity index (χ0v) is 17.1. The summed E-state index contributed by atoms with van der Waals surface area (Å²) in [6, 6.07) is 15.5. The molecule has 0 aliphatic rings. The average molecular weight is 388 g/mol. The third-order valence-electron chi connectivity index (χ3n) is 5.16. The fraction of sp³-hybridized carbons (Fsp3) is 0.261. The van der Waals surface area contributed by atoms with Gasteiger partial charge in [-0.3, -0.25) is 9.36 Å². The highest BCUT2D eigenvalue weighted by atomic mass is 16.2. The van der Waals surface area contributed by atoms with Crippen LogP contribution in [0.3, 0.4) is 0 Å². The van der Waals surface area contributed by atoms with Gasteiger partial charge in [-0.2, -0.15) is 0 Å². The number of nitrogens with zero attached hydrogens (tertiary/aromatic N) is 4. The quantitative estimate of drug-likeness (QED) is 0.537. The Hall–Kier alpha value is -3.41. The van der Waals surface area contributed by atoms with Gasteiger partial charge in [0.05, 0.1) is 12.0 Å². The second kappa shape index (κ2) is 7.20. The van der Waals surface area contributed by atoms with E-state index in [9.17, 15) is 9.59 Å². The Morgan fingerprint density at radius 1 is 1.00 bits per heavy atom. The predicted octanol–water partition coefficient (Wildman–Crippen LogP) is 3.59. The number of aryl methyl sites for hydroxylation is 2. The van der Waals surface area contributed by atoms with Gasteiger partial charge in [-0.15, -0.1) is 0 Å². The van der Waals surface area contributed by atoms with E-state index in [0.29, 0.717) is 17.7 Å². The molecule has 29 heavy (non-hydrogen) atoms. The molecule has 2 aromatic heterocycles. The number of hydrogen-bond donors (Lipinski definition) is 0. The molecule has 0 aliphatic heterocycles. The van der Waals surface area contributed by atoms with Crippen molar-refractivity contribution in [2.24, 2.45) is 0 Å². The van der Waals surface area contributed by atoms with Gasteiger partial charge >= 0.3 is 5.69 Å². The Labute approximate surface area is 168 Å². The lowest BCUT2D eigenvalue weighted by atomic mass is 10.1. The van der Waals surface area contributed by atoms with E-state index in [4.69, 9.17) is 0 Å². The highest BCUT2D eigenvalue weighted by Gasteiger charge is 2.21. The summed E-state index contributed by atoms with van der Waals surface area (Å²) in [5.41, 5.74) is 4.05. The highest BCUT2D eigenvalue weighted by molar-refractivity contribution is 5.73. The lowest BCUT2D eigenvalue weighted by molar-refractivity contribution is 0.538. The molecule has 0 saturated carbocycles. The van der Waals surface area contributed by atoms with Crippen molar-refractivity contribution in [3.05, 3.63) is 92.4 Å². The molecule has 2 heterocycles. The van der Waals surface area contributed by atoms with Crippen molar-refractivity contribution in [2.75, 3.05) is 0 Å². The van der Waals surface area contributed by atoms with Crippen molar-refractivity contribution in [2.45, 2.75) is 40.3 Å². The minimum Gasteiger partial charge on any atom is -0.320 e. The molecule has 148 valence electrons. The summed E-state index contributed by atoms with van der Waals surface area (Å²) in [5.74, 6) is 0. The summed E-state index contributed by atoms with van der Waals surface area (Å²) in [6.07, 6.45) is 1.65. The van der Waals surface area contributed by atoms with Crippen LogP contribution in [0.1, 0.15) is 36.6 Å². The van der Waals surface area contributed by atoms with Crippen molar-refractivity contribution in [3.8, 4) is 5.69 Å². The number of aromatic nitrogens is 4. The van der Waals surface area contributed by atoms with Crippen molar-refractivity contribution in [3.63, 3.8) is 0 Å². The number of fused-ring (bicyclic) bond motifs is 1. The van der Waals surface area contributed by atoms with E-state index >= 15 is 0 Å². The Morgan fingerprint density at radius 2 is 1.76 bits per heavy atom. The van der Waals surface area contributed by atoms with Gasteiger partial charge < -0.3 is 4.57 Å². The van der Waals surface area contributed by atoms with Crippen LogP contribution in [0.5, 0.6) is 0 Å². The summed E-state index contributed by atoms with van der Waals surface area (Å²) in [6.45, 7) is 8.19. The largest absolute Gasteiger partial charge is 0.337 e. The molecule has 0 radical (unpaired) electrons. The molecule has 0 atom stereocenters. The number of hydrogen-bond acceptors (Lipinski definition) is 3. The van der Waals surface area contributed by atoms with Crippen LogP contribution in [0.25, 0.3) is 16.9 Å². The van der Waals surface area contributed by atoms with Gasteiger partial charge in [-0.1, -0.05) is 48.0 Å². The number of benzene rings is 2. The zero-order chi connectivity index (χ0) is 20.7. The van der Waals surface area contributed by atoms with Gasteiger partial charge in [0.2, 0.25) is 0 Å². The van der Waals surface area contributed by atoms with Crippen LogP contribution >= 0.6 is 0 Å². The van der Waals surface area contributed by atoms with E-state index < -0.39 is 0 Å². The number of rotatable bonds is 4. The van der Waals surface area contributed by atoms with Crippen LogP contribution in [-0.2, 0) is 6.54 Å². The van der Waals surface area contributed by atoms with Crippen LogP contribution in [0.15, 0.2) is 64.4 Å². The van der Waals surface area contributed by atoms with Gasteiger partial charge in [0.25, 0.3) is 5.56 Å². The lowest BCUT2D eigenvalue weighted by Gasteiger charge is -2.16. The third-order valence-corrected chi connectivity index (χ3v) is 5.16. The molecule has 2 aromatic carbocycles. The van der Waals surface area contributed by atoms with Gasteiger partial charge in [0.15, 0.2) is 11.2 Å². The van der Waals surface area contributed by atoms with Gasteiger partial charge in [0, 0.05) is 12.6 Å². The smallest absolute Gasteiger partial charge is 0.320 e. The molecule has 0 unspecified atom stereocenters. The maximum absolute atomic E-state index is 13.3. The first-order valence-electron chi connectivity index (χ1n) is 9.72. The normalized spacial score (nSPS) is 11.5. The molecular weight excluding hydrogens is 364 g/mol. The van der Waals surface area contributed by atoms with Crippen LogP contribution in [0.4, 0.5) is 0 Å². The van der Waals surface area contributed by atoms with E-state index in [2.05, 4.69) is 11.1 Å². The molecule has 0 bridgehead atoms. The average Bonchev–Trinajstić information content (AvgIpc) is 3.06. The Balaban J connectivity index is 2.05. The molecule has 4 rings (SSSR count). The molecule has 0 N–H and O–H groups in total. The predicted molar refractivity (Wildman–Crippen MR) is 115 cm³/mol. The topological polar surface area (TPSA) is 61.8 Å². The SMILES string of the molecule is Cc1cccc(Cn2cnc3c2c(=O)n(C(C)C)c(=O)n3-c2ccccc2C)c1. The third kappa shape index (κ3) is 3.20. The number of imidazole rings is 1. The maximum atomic E-state index is 13.3. The van der Waals surface area contributed by atoms with Crippen LogP contribution in [0.2, 0.25) is 0 Å². The number of para-hydroxylation sites is 1. The van der Waals surface area contributed by atoms with Crippen LogP contribution < -0.4 is 11.2 Å². The van der Waals surface area contributed by atoms with Crippen molar-refractivity contribution in [1.29, 1.82) is 0 Å². The molecule has 0 saturated heterocycles.